The summed E-state index contributed by atoms with van der Waals surface area (Å²) in [7, 11) is 0. The highest BCUT2D eigenvalue weighted by molar-refractivity contribution is 5.81. The first kappa shape index (κ1) is 18.4. The molecule has 1 aliphatic rings. The molecule has 2 atom stereocenters. The molecule has 1 fully saturated rings. The fraction of sp³-hybridized carbons (Fsp3) is 0.579. The van der Waals surface area contributed by atoms with Crippen molar-refractivity contribution in [3.8, 4) is 0 Å². The van der Waals surface area contributed by atoms with Gasteiger partial charge in [-0.15, -0.1) is 0 Å². The number of hydrogen-bond donors (Lipinski definition) is 2. The van der Waals surface area contributed by atoms with Crippen molar-refractivity contribution in [2.45, 2.75) is 64.5 Å². The Bertz CT molecular complexity index is 570. The van der Waals surface area contributed by atoms with Gasteiger partial charge in [0.1, 0.15) is 5.82 Å². The van der Waals surface area contributed by atoms with Crippen molar-refractivity contribution in [3.63, 3.8) is 0 Å². The Balaban J connectivity index is 1.73. The van der Waals surface area contributed by atoms with Gasteiger partial charge in [-0.3, -0.25) is 9.59 Å². The van der Waals surface area contributed by atoms with Gasteiger partial charge in [0.15, 0.2) is 0 Å². The Labute approximate surface area is 143 Å². The van der Waals surface area contributed by atoms with Crippen LogP contribution in [0, 0.1) is 11.7 Å². The number of nitrogens with one attached hydrogen (secondary N) is 2. The minimum absolute atomic E-state index is 0.0622. The number of carbonyl (C=O) groups excluding carboxylic acids is 2. The Morgan fingerprint density at radius 1 is 1.12 bits per heavy atom. The second-order valence-corrected chi connectivity index (χ2v) is 6.86. The van der Waals surface area contributed by atoms with E-state index < -0.39 is 0 Å². The third-order valence-electron chi connectivity index (χ3n) is 4.50. The van der Waals surface area contributed by atoms with Gasteiger partial charge in [-0.25, -0.2) is 4.39 Å². The van der Waals surface area contributed by atoms with Gasteiger partial charge in [0.05, 0.1) is 0 Å². The predicted molar refractivity (Wildman–Crippen MR) is 91.9 cm³/mol. The molecule has 0 bridgehead atoms. The Morgan fingerprint density at radius 3 is 2.46 bits per heavy atom. The standard InChI is InChI=1S/C19H27FN2O2/c1-13(11-16-9-5-6-10-17(16)20)21-18(23)12-14(2)22-19(24)15-7-3-4-8-15/h5-6,9-10,13-15H,3-4,7-8,11-12H2,1-2H3,(H,21,23)(H,22,24)/t13-,14+/m1/s1. The highest BCUT2D eigenvalue weighted by atomic mass is 19.1. The van der Waals surface area contributed by atoms with Gasteiger partial charge >= 0.3 is 0 Å². The minimum atomic E-state index is -0.254. The fourth-order valence-corrected chi connectivity index (χ4v) is 3.26. The molecule has 0 spiro atoms. The van der Waals surface area contributed by atoms with E-state index in [0.717, 1.165) is 25.7 Å². The molecule has 132 valence electrons. The van der Waals surface area contributed by atoms with E-state index >= 15 is 0 Å². The molecule has 5 heteroatoms. The zero-order valence-corrected chi connectivity index (χ0v) is 14.5. The van der Waals surface area contributed by atoms with Crippen LogP contribution in [-0.2, 0) is 16.0 Å². The van der Waals surface area contributed by atoms with Crippen molar-refractivity contribution in [2.24, 2.45) is 5.92 Å². The minimum Gasteiger partial charge on any atom is -0.353 e. The maximum Gasteiger partial charge on any atom is 0.223 e. The summed E-state index contributed by atoms with van der Waals surface area (Å²) in [6.45, 7) is 3.69. The van der Waals surface area contributed by atoms with Crippen LogP contribution in [0.5, 0.6) is 0 Å². The van der Waals surface area contributed by atoms with Crippen molar-refractivity contribution in [1.82, 2.24) is 10.6 Å². The number of hydrogen-bond acceptors (Lipinski definition) is 2. The molecule has 24 heavy (non-hydrogen) atoms. The zero-order chi connectivity index (χ0) is 17.5. The van der Waals surface area contributed by atoms with E-state index in [9.17, 15) is 14.0 Å². The van der Waals surface area contributed by atoms with E-state index in [-0.39, 0.29) is 42.1 Å². The second-order valence-electron chi connectivity index (χ2n) is 6.86. The van der Waals surface area contributed by atoms with Gasteiger partial charge in [0.2, 0.25) is 11.8 Å². The second kappa shape index (κ2) is 8.81. The molecule has 0 unspecified atom stereocenters. The molecule has 1 aromatic rings. The zero-order valence-electron chi connectivity index (χ0n) is 14.5. The van der Waals surface area contributed by atoms with Crippen LogP contribution in [0.4, 0.5) is 4.39 Å². The molecule has 4 nitrogen and oxygen atoms in total. The smallest absolute Gasteiger partial charge is 0.223 e. The predicted octanol–water partition coefficient (Wildman–Crippen LogP) is 2.96. The number of halogens is 1. The van der Waals surface area contributed by atoms with Crippen LogP contribution in [0.1, 0.15) is 51.5 Å². The lowest BCUT2D eigenvalue weighted by Gasteiger charge is -2.19. The first-order valence-electron chi connectivity index (χ1n) is 8.79. The molecule has 2 N–H and O–H groups in total. The molecule has 0 radical (unpaired) electrons. The van der Waals surface area contributed by atoms with E-state index in [4.69, 9.17) is 0 Å². The van der Waals surface area contributed by atoms with Crippen LogP contribution in [0.3, 0.4) is 0 Å². The third kappa shape index (κ3) is 5.62. The fourth-order valence-electron chi connectivity index (χ4n) is 3.26. The summed E-state index contributed by atoms with van der Waals surface area (Å²) in [5.74, 6) is -0.212. The summed E-state index contributed by atoms with van der Waals surface area (Å²) >= 11 is 0. The van der Waals surface area contributed by atoms with Crippen molar-refractivity contribution < 1.29 is 14.0 Å². The summed E-state index contributed by atoms with van der Waals surface area (Å²) in [5, 5.41) is 5.80. The molecule has 0 aromatic heterocycles. The number of amides is 2. The highest BCUT2D eigenvalue weighted by Gasteiger charge is 2.24. The summed E-state index contributed by atoms with van der Waals surface area (Å²) in [6.07, 6.45) is 4.80. The van der Waals surface area contributed by atoms with Crippen LogP contribution >= 0.6 is 0 Å². The molecule has 0 saturated heterocycles. The molecule has 0 aliphatic heterocycles. The number of benzene rings is 1. The Morgan fingerprint density at radius 2 is 1.79 bits per heavy atom. The van der Waals surface area contributed by atoms with Crippen molar-refractivity contribution in [2.75, 3.05) is 0 Å². The normalized spacial score (nSPS) is 17.3. The van der Waals surface area contributed by atoms with E-state index in [1.807, 2.05) is 13.8 Å². The van der Waals surface area contributed by atoms with E-state index in [1.54, 1.807) is 18.2 Å². The average molecular weight is 334 g/mol. The molecule has 2 rings (SSSR count). The maximum absolute atomic E-state index is 13.6. The Hall–Kier alpha value is -1.91. The molecule has 1 aromatic carbocycles. The van der Waals surface area contributed by atoms with Crippen LogP contribution in [0.2, 0.25) is 0 Å². The SMILES string of the molecule is C[C@H](Cc1ccccc1F)NC(=O)C[C@H](C)NC(=O)C1CCCC1. The van der Waals surface area contributed by atoms with Crippen molar-refractivity contribution >= 4 is 11.8 Å². The summed E-state index contributed by atoms with van der Waals surface area (Å²) < 4.78 is 13.6. The lowest BCUT2D eigenvalue weighted by molar-refractivity contribution is -0.126. The Kier molecular flexibility index (Phi) is 6.76. The van der Waals surface area contributed by atoms with Gasteiger partial charge in [-0.2, -0.15) is 0 Å². The van der Waals surface area contributed by atoms with Gasteiger partial charge in [0.25, 0.3) is 0 Å². The average Bonchev–Trinajstić information content (AvgIpc) is 3.03. The molecule has 1 aliphatic carbocycles. The topological polar surface area (TPSA) is 58.2 Å². The van der Waals surface area contributed by atoms with Crippen LogP contribution in [0.25, 0.3) is 0 Å². The van der Waals surface area contributed by atoms with Gasteiger partial charge < -0.3 is 10.6 Å². The van der Waals surface area contributed by atoms with Gasteiger partial charge in [-0.1, -0.05) is 31.0 Å². The van der Waals surface area contributed by atoms with Crippen LogP contribution < -0.4 is 10.6 Å². The number of rotatable bonds is 7. The lowest BCUT2D eigenvalue weighted by Crippen LogP contribution is -2.42. The first-order valence-corrected chi connectivity index (χ1v) is 8.79. The van der Waals surface area contributed by atoms with Crippen molar-refractivity contribution in [1.29, 1.82) is 0 Å². The quantitative estimate of drug-likeness (QED) is 0.805. The largest absolute Gasteiger partial charge is 0.353 e. The molecule has 1 saturated carbocycles. The van der Waals surface area contributed by atoms with Gasteiger partial charge in [-0.05, 0) is 44.7 Å². The maximum atomic E-state index is 13.6. The van der Waals surface area contributed by atoms with E-state index in [0.29, 0.717) is 12.0 Å². The third-order valence-corrected chi connectivity index (χ3v) is 4.50. The molecule has 2 amide bonds. The molecular formula is C19H27FN2O2. The van der Waals surface area contributed by atoms with Crippen LogP contribution in [0.15, 0.2) is 24.3 Å². The summed E-state index contributed by atoms with van der Waals surface area (Å²) in [4.78, 5) is 24.1. The van der Waals surface area contributed by atoms with E-state index in [2.05, 4.69) is 10.6 Å². The molecule has 0 heterocycles. The van der Waals surface area contributed by atoms with Crippen LogP contribution in [-0.4, -0.2) is 23.9 Å². The highest BCUT2D eigenvalue weighted by Crippen LogP contribution is 2.24. The monoisotopic (exact) mass is 334 g/mol. The van der Waals surface area contributed by atoms with Crippen molar-refractivity contribution in [3.05, 3.63) is 35.6 Å². The van der Waals surface area contributed by atoms with Gasteiger partial charge in [0, 0.05) is 24.4 Å². The summed E-state index contributed by atoms with van der Waals surface area (Å²) in [6, 6.07) is 6.23. The van der Waals surface area contributed by atoms with E-state index in [1.165, 1.54) is 6.07 Å². The molecular weight excluding hydrogens is 307 g/mol. The summed E-state index contributed by atoms with van der Waals surface area (Å²) in [5.41, 5.74) is 0.591. The lowest BCUT2D eigenvalue weighted by atomic mass is 10.1. The number of carbonyl (C=O) groups is 2. The first-order chi connectivity index (χ1) is 11.5.